The van der Waals surface area contributed by atoms with Crippen molar-refractivity contribution >= 4 is 17.3 Å². The number of hydrogen-bond donors (Lipinski definition) is 1. The van der Waals surface area contributed by atoms with Crippen molar-refractivity contribution in [2.75, 3.05) is 43.4 Å². The van der Waals surface area contributed by atoms with E-state index in [9.17, 15) is 4.79 Å². The molecule has 2 aromatic rings. The second kappa shape index (κ2) is 8.23. The van der Waals surface area contributed by atoms with Crippen molar-refractivity contribution in [3.05, 3.63) is 54.1 Å². The summed E-state index contributed by atoms with van der Waals surface area (Å²) in [5, 5.41) is 2.92. The van der Waals surface area contributed by atoms with Crippen LogP contribution in [0.3, 0.4) is 0 Å². The highest BCUT2D eigenvalue weighted by Gasteiger charge is 2.16. The van der Waals surface area contributed by atoms with Crippen LogP contribution in [0.2, 0.25) is 0 Å². The number of rotatable bonds is 5. The number of benzene rings is 2. The van der Waals surface area contributed by atoms with Gasteiger partial charge in [0.1, 0.15) is 5.75 Å². The summed E-state index contributed by atoms with van der Waals surface area (Å²) in [5.41, 5.74) is 3.09. The van der Waals surface area contributed by atoms with E-state index in [4.69, 9.17) is 4.74 Å². The van der Waals surface area contributed by atoms with Gasteiger partial charge in [0.05, 0.1) is 0 Å². The Morgan fingerprint density at radius 1 is 1.08 bits per heavy atom. The monoisotopic (exact) mass is 353 g/mol. The molecule has 0 radical (unpaired) electrons. The summed E-state index contributed by atoms with van der Waals surface area (Å²) >= 11 is 0. The third kappa shape index (κ3) is 4.76. The lowest BCUT2D eigenvalue weighted by Gasteiger charge is -2.34. The van der Waals surface area contributed by atoms with Crippen molar-refractivity contribution in [3.63, 3.8) is 0 Å². The van der Waals surface area contributed by atoms with E-state index in [1.54, 1.807) is 6.92 Å². The van der Waals surface area contributed by atoms with Crippen molar-refractivity contribution in [1.29, 1.82) is 0 Å². The fourth-order valence-electron chi connectivity index (χ4n) is 3.01. The Hall–Kier alpha value is -2.53. The molecule has 1 aliphatic heterocycles. The van der Waals surface area contributed by atoms with Crippen LogP contribution in [-0.4, -0.2) is 50.1 Å². The van der Waals surface area contributed by atoms with Crippen molar-refractivity contribution < 1.29 is 9.53 Å². The molecule has 1 fully saturated rings. The normalized spacial score (nSPS) is 16.2. The molecule has 26 heavy (non-hydrogen) atoms. The van der Waals surface area contributed by atoms with Crippen LogP contribution in [0.5, 0.6) is 5.75 Å². The minimum Gasteiger partial charge on any atom is -0.481 e. The van der Waals surface area contributed by atoms with Crippen LogP contribution in [0, 0.1) is 6.92 Å². The first-order valence-electron chi connectivity index (χ1n) is 9.09. The van der Waals surface area contributed by atoms with Crippen LogP contribution in [-0.2, 0) is 4.79 Å². The Morgan fingerprint density at radius 2 is 1.77 bits per heavy atom. The molecule has 5 nitrogen and oxygen atoms in total. The number of hydrogen-bond acceptors (Lipinski definition) is 4. The molecule has 138 valence electrons. The number of carbonyl (C=O) groups is 1. The van der Waals surface area contributed by atoms with Crippen molar-refractivity contribution in [2.45, 2.75) is 20.0 Å². The van der Waals surface area contributed by atoms with E-state index < -0.39 is 6.10 Å². The van der Waals surface area contributed by atoms with Gasteiger partial charge in [-0.1, -0.05) is 12.1 Å². The van der Waals surface area contributed by atoms with Crippen LogP contribution in [0.25, 0.3) is 0 Å². The summed E-state index contributed by atoms with van der Waals surface area (Å²) in [4.78, 5) is 17.1. The maximum Gasteiger partial charge on any atom is 0.265 e. The maximum atomic E-state index is 12.4. The molecule has 0 spiro atoms. The summed E-state index contributed by atoms with van der Waals surface area (Å²) in [6.45, 7) is 7.97. The number of piperazine rings is 1. The van der Waals surface area contributed by atoms with Gasteiger partial charge >= 0.3 is 0 Å². The quantitative estimate of drug-likeness (QED) is 0.897. The molecule has 1 atom stereocenters. The Balaban J connectivity index is 1.55. The second-order valence-corrected chi connectivity index (χ2v) is 6.90. The van der Waals surface area contributed by atoms with Crippen LogP contribution >= 0.6 is 0 Å². The van der Waals surface area contributed by atoms with Gasteiger partial charge in [-0.3, -0.25) is 4.79 Å². The molecular formula is C21H27N3O2. The fourth-order valence-corrected chi connectivity index (χ4v) is 3.01. The molecule has 2 aromatic carbocycles. The van der Waals surface area contributed by atoms with Gasteiger partial charge in [0, 0.05) is 37.6 Å². The third-order valence-electron chi connectivity index (χ3n) is 4.67. The number of nitrogens with zero attached hydrogens (tertiary/aromatic N) is 2. The van der Waals surface area contributed by atoms with Crippen LogP contribution in [0.1, 0.15) is 12.5 Å². The predicted molar refractivity (Wildman–Crippen MR) is 106 cm³/mol. The van der Waals surface area contributed by atoms with Crippen LogP contribution < -0.4 is 15.0 Å². The molecule has 0 saturated carbocycles. The lowest BCUT2D eigenvalue weighted by Crippen LogP contribution is -2.44. The molecule has 1 saturated heterocycles. The Morgan fingerprint density at radius 3 is 2.42 bits per heavy atom. The molecule has 3 rings (SSSR count). The number of aryl methyl sites for hydroxylation is 1. The predicted octanol–water partition coefficient (Wildman–Crippen LogP) is 3.15. The van der Waals surface area contributed by atoms with Gasteiger partial charge in [-0.25, -0.2) is 0 Å². The largest absolute Gasteiger partial charge is 0.481 e. The van der Waals surface area contributed by atoms with E-state index in [-0.39, 0.29) is 5.91 Å². The van der Waals surface area contributed by atoms with Gasteiger partial charge < -0.3 is 19.9 Å². The van der Waals surface area contributed by atoms with Crippen molar-refractivity contribution in [2.24, 2.45) is 0 Å². The molecule has 1 aliphatic rings. The van der Waals surface area contributed by atoms with Crippen molar-refractivity contribution in [1.82, 2.24) is 4.90 Å². The van der Waals surface area contributed by atoms with Gasteiger partial charge in [0.15, 0.2) is 6.10 Å². The number of carbonyl (C=O) groups excluding carboxylic acids is 1. The van der Waals surface area contributed by atoms with E-state index in [0.717, 1.165) is 37.4 Å². The average Bonchev–Trinajstić information content (AvgIpc) is 2.63. The highest BCUT2D eigenvalue weighted by atomic mass is 16.5. The molecule has 1 unspecified atom stereocenters. The molecule has 0 bridgehead atoms. The molecule has 0 aromatic heterocycles. The number of ether oxygens (including phenoxy) is 1. The Bertz CT molecular complexity index is 737. The highest BCUT2D eigenvalue weighted by molar-refractivity contribution is 5.94. The Labute approximate surface area is 155 Å². The summed E-state index contributed by atoms with van der Waals surface area (Å²) in [6.07, 6.45) is -0.561. The van der Waals surface area contributed by atoms with Gasteiger partial charge in [-0.05, 0) is 62.9 Å². The minimum absolute atomic E-state index is 0.154. The van der Waals surface area contributed by atoms with Gasteiger partial charge in [0.2, 0.25) is 0 Å². The fraction of sp³-hybridized carbons (Fsp3) is 0.381. The number of likely N-dealkylation sites (N-methyl/N-ethyl adjacent to an activating group) is 1. The molecule has 1 N–H and O–H groups in total. The summed E-state index contributed by atoms with van der Waals surface area (Å²) in [7, 11) is 2.15. The zero-order valence-electron chi connectivity index (χ0n) is 15.7. The van der Waals surface area contributed by atoms with E-state index in [1.165, 1.54) is 5.69 Å². The lowest BCUT2D eigenvalue weighted by atomic mass is 10.2. The SMILES string of the molecule is Cc1cccc(OC(C)C(=O)Nc2ccc(N3CCN(C)CC3)cc2)c1. The molecular weight excluding hydrogens is 326 g/mol. The average molecular weight is 353 g/mol. The smallest absolute Gasteiger partial charge is 0.265 e. The highest BCUT2D eigenvalue weighted by Crippen LogP contribution is 2.20. The summed E-state index contributed by atoms with van der Waals surface area (Å²) < 4.78 is 5.73. The van der Waals surface area contributed by atoms with Gasteiger partial charge in [0.25, 0.3) is 5.91 Å². The van der Waals surface area contributed by atoms with E-state index in [2.05, 4.69) is 34.3 Å². The first-order valence-corrected chi connectivity index (χ1v) is 9.09. The van der Waals surface area contributed by atoms with E-state index in [1.807, 2.05) is 43.3 Å². The molecule has 1 heterocycles. The summed E-state index contributed by atoms with van der Waals surface area (Å²) in [6, 6.07) is 15.7. The number of amides is 1. The van der Waals surface area contributed by atoms with Crippen molar-refractivity contribution in [3.8, 4) is 5.75 Å². The molecule has 1 amide bonds. The zero-order chi connectivity index (χ0) is 18.5. The van der Waals surface area contributed by atoms with Gasteiger partial charge in [-0.2, -0.15) is 0 Å². The molecule has 5 heteroatoms. The standard InChI is InChI=1S/C21H27N3O2/c1-16-5-4-6-20(15-16)26-17(2)21(25)22-18-7-9-19(10-8-18)24-13-11-23(3)12-14-24/h4-10,15,17H,11-14H2,1-3H3,(H,22,25). The Kier molecular flexibility index (Phi) is 5.78. The lowest BCUT2D eigenvalue weighted by molar-refractivity contribution is -0.122. The van der Waals surface area contributed by atoms with Crippen LogP contribution in [0.15, 0.2) is 48.5 Å². The van der Waals surface area contributed by atoms with Crippen LogP contribution in [0.4, 0.5) is 11.4 Å². The number of nitrogens with one attached hydrogen (secondary N) is 1. The van der Waals surface area contributed by atoms with E-state index >= 15 is 0 Å². The van der Waals surface area contributed by atoms with Gasteiger partial charge in [-0.15, -0.1) is 0 Å². The topological polar surface area (TPSA) is 44.8 Å². The zero-order valence-corrected chi connectivity index (χ0v) is 15.7. The maximum absolute atomic E-state index is 12.4. The second-order valence-electron chi connectivity index (χ2n) is 6.90. The number of anilines is 2. The first kappa shape index (κ1) is 18.3. The summed E-state index contributed by atoms with van der Waals surface area (Å²) in [5.74, 6) is 0.553. The van der Waals surface area contributed by atoms with E-state index in [0.29, 0.717) is 5.75 Å². The third-order valence-corrected chi connectivity index (χ3v) is 4.67. The molecule has 0 aliphatic carbocycles. The first-order chi connectivity index (χ1) is 12.5. The minimum atomic E-state index is -0.561.